The van der Waals surface area contributed by atoms with Crippen molar-refractivity contribution in [3.05, 3.63) is 0 Å². The molecule has 0 aromatic heterocycles. The standard InChI is InChI=1S/C15H29N3O/c1-7-18(8-2)13(9-12(3)4)10-17-14(19)15(5,6)11-16/h12-13H,7-10H2,1-6H3,(H,17,19)/t13-/m0/s1. The van der Waals surface area contributed by atoms with E-state index in [0.717, 1.165) is 19.5 Å². The first-order valence-corrected chi connectivity index (χ1v) is 7.22. The van der Waals surface area contributed by atoms with Crippen molar-refractivity contribution in [2.45, 2.75) is 54.0 Å². The van der Waals surface area contributed by atoms with E-state index in [0.29, 0.717) is 18.5 Å². The van der Waals surface area contributed by atoms with E-state index in [1.54, 1.807) is 13.8 Å². The Morgan fingerprint density at radius 3 is 2.21 bits per heavy atom. The van der Waals surface area contributed by atoms with E-state index >= 15 is 0 Å². The molecule has 0 fully saturated rings. The zero-order valence-electron chi connectivity index (χ0n) is 13.3. The summed E-state index contributed by atoms with van der Waals surface area (Å²) in [6, 6.07) is 2.38. The molecule has 0 aliphatic carbocycles. The number of hydrogen-bond acceptors (Lipinski definition) is 3. The molecule has 4 heteroatoms. The third kappa shape index (κ3) is 6.07. The lowest BCUT2D eigenvalue weighted by Crippen LogP contribution is -2.47. The maximum absolute atomic E-state index is 11.9. The third-order valence-electron chi connectivity index (χ3n) is 3.42. The van der Waals surface area contributed by atoms with E-state index in [1.165, 1.54) is 0 Å². The van der Waals surface area contributed by atoms with Crippen LogP contribution in [0.1, 0.15) is 48.0 Å². The Hall–Kier alpha value is -1.08. The van der Waals surface area contributed by atoms with E-state index in [2.05, 4.69) is 37.9 Å². The lowest BCUT2D eigenvalue weighted by molar-refractivity contribution is -0.127. The van der Waals surface area contributed by atoms with E-state index in [4.69, 9.17) is 5.26 Å². The molecule has 1 amide bonds. The van der Waals surface area contributed by atoms with E-state index in [9.17, 15) is 4.79 Å². The van der Waals surface area contributed by atoms with E-state index in [1.807, 2.05) is 6.07 Å². The van der Waals surface area contributed by atoms with Crippen LogP contribution in [0.15, 0.2) is 0 Å². The Morgan fingerprint density at radius 1 is 1.32 bits per heavy atom. The van der Waals surface area contributed by atoms with Gasteiger partial charge in [-0.1, -0.05) is 27.7 Å². The lowest BCUT2D eigenvalue weighted by atomic mass is 9.94. The fourth-order valence-electron chi connectivity index (χ4n) is 2.13. The summed E-state index contributed by atoms with van der Waals surface area (Å²) in [7, 11) is 0. The minimum Gasteiger partial charge on any atom is -0.353 e. The van der Waals surface area contributed by atoms with Crippen LogP contribution in [0.4, 0.5) is 0 Å². The van der Waals surface area contributed by atoms with Gasteiger partial charge in [-0.25, -0.2) is 0 Å². The van der Waals surface area contributed by atoms with Gasteiger partial charge in [0.05, 0.1) is 6.07 Å². The SMILES string of the molecule is CCN(CC)[C@H](CNC(=O)C(C)(C)C#N)CC(C)C. The van der Waals surface area contributed by atoms with Gasteiger partial charge in [-0.15, -0.1) is 0 Å². The molecule has 1 N–H and O–H groups in total. The second-order valence-corrected chi connectivity index (χ2v) is 5.95. The smallest absolute Gasteiger partial charge is 0.239 e. The summed E-state index contributed by atoms with van der Waals surface area (Å²) in [6.45, 7) is 14.5. The molecular weight excluding hydrogens is 238 g/mol. The van der Waals surface area contributed by atoms with Gasteiger partial charge >= 0.3 is 0 Å². The fraction of sp³-hybridized carbons (Fsp3) is 0.867. The number of carbonyl (C=O) groups excluding carboxylic acids is 1. The molecule has 0 saturated heterocycles. The molecule has 0 rings (SSSR count). The molecule has 0 spiro atoms. The van der Waals surface area contributed by atoms with Gasteiger partial charge in [-0.2, -0.15) is 5.26 Å². The van der Waals surface area contributed by atoms with E-state index in [-0.39, 0.29) is 5.91 Å². The second-order valence-electron chi connectivity index (χ2n) is 5.95. The number of amides is 1. The van der Waals surface area contributed by atoms with Gasteiger partial charge in [0.1, 0.15) is 5.41 Å². The minimum absolute atomic E-state index is 0.184. The van der Waals surface area contributed by atoms with Crippen LogP contribution in [0.3, 0.4) is 0 Å². The van der Waals surface area contributed by atoms with Crippen LogP contribution in [0, 0.1) is 22.7 Å². The molecule has 0 aliphatic rings. The summed E-state index contributed by atoms with van der Waals surface area (Å²) in [5.41, 5.74) is -0.953. The average molecular weight is 267 g/mol. The molecule has 0 unspecified atom stereocenters. The number of nitriles is 1. The highest BCUT2D eigenvalue weighted by Crippen LogP contribution is 2.14. The van der Waals surface area contributed by atoms with Gasteiger partial charge in [-0.3, -0.25) is 9.69 Å². The summed E-state index contributed by atoms with van der Waals surface area (Å²) in [4.78, 5) is 14.3. The van der Waals surface area contributed by atoms with Crippen molar-refractivity contribution < 1.29 is 4.79 Å². The summed E-state index contributed by atoms with van der Waals surface area (Å²) < 4.78 is 0. The Balaban J connectivity index is 4.59. The molecule has 0 saturated carbocycles. The number of nitrogens with one attached hydrogen (secondary N) is 1. The van der Waals surface area contributed by atoms with Crippen LogP contribution in [0.2, 0.25) is 0 Å². The lowest BCUT2D eigenvalue weighted by Gasteiger charge is -2.31. The highest BCUT2D eigenvalue weighted by atomic mass is 16.2. The third-order valence-corrected chi connectivity index (χ3v) is 3.42. The van der Waals surface area contributed by atoms with Crippen molar-refractivity contribution in [3.63, 3.8) is 0 Å². The molecule has 110 valence electrons. The van der Waals surface area contributed by atoms with Gasteiger partial charge in [0, 0.05) is 12.6 Å². The Kier molecular flexibility index (Phi) is 7.70. The highest BCUT2D eigenvalue weighted by molar-refractivity contribution is 5.84. The van der Waals surface area contributed by atoms with E-state index < -0.39 is 5.41 Å². The van der Waals surface area contributed by atoms with Crippen LogP contribution in [0.5, 0.6) is 0 Å². The van der Waals surface area contributed by atoms with Crippen molar-refractivity contribution in [2.75, 3.05) is 19.6 Å². The first-order chi connectivity index (χ1) is 8.78. The Morgan fingerprint density at radius 2 is 1.84 bits per heavy atom. The number of nitrogens with zero attached hydrogens (tertiary/aromatic N) is 2. The molecule has 19 heavy (non-hydrogen) atoms. The van der Waals surface area contributed by atoms with Gasteiger partial charge in [-0.05, 0) is 39.3 Å². The topological polar surface area (TPSA) is 56.1 Å². The monoisotopic (exact) mass is 267 g/mol. The second kappa shape index (κ2) is 8.16. The van der Waals surface area contributed by atoms with Crippen molar-refractivity contribution in [1.29, 1.82) is 5.26 Å². The van der Waals surface area contributed by atoms with Gasteiger partial charge < -0.3 is 5.32 Å². The van der Waals surface area contributed by atoms with Crippen LogP contribution in [-0.2, 0) is 4.79 Å². The summed E-state index contributed by atoms with van der Waals surface area (Å²) >= 11 is 0. The number of rotatable bonds is 8. The molecule has 0 aliphatic heterocycles. The maximum Gasteiger partial charge on any atom is 0.239 e. The number of likely N-dealkylation sites (N-methyl/N-ethyl adjacent to an activating group) is 1. The van der Waals surface area contributed by atoms with Gasteiger partial charge in [0.25, 0.3) is 0 Å². The molecule has 4 nitrogen and oxygen atoms in total. The number of hydrogen-bond donors (Lipinski definition) is 1. The Labute approximate surface area is 118 Å². The van der Waals surface area contributed by atoms with Crippen molar-refractivity contribution >= 4 is 5.91 Å². The summed E-state index contributed by atoms with van der Waals surface area (Å²) in [5.74, 6) is 0.405. The minimum atomic E-state index is -0.953. The normalized spacial score (nSPS) is 13.4. The fourth-order valence-corrected chi connectivity index (χ4v) is 2.13. The predicted octanol–water partition coefficient (Wildman–Crippen LogP) is 2.41. The van der Waals surface area contributed by atoms with Crippen molar-refractivity contribution in [3.8, 4) is 6.07 Å². The molecule has 0 aromatic carbocycles. The molecule has 1 atom stereocenters. The molecule has 0 bridgehead atoms. The van der Waals surface area contributed by atoms with Crippen molar-refractivity contribution in [1.82, 2.24) is 10.2 Å². The molecule has 0 aromatic rings. The molecular formula is C15H29N3O. The quantitative estimate of drug-likeness (QED) is 0.734. The average Bonchev–Trinajstić information content (AvgIpc) is 2.35. The van der Waals surface area contributed by atoms with Crippen LogP contribution >= 0.6 is 0 Å². The van der Waals surface area contributed by atoms with Crippen LogP contribution in [0.25, 0.3) is 0 Å². The molecule has 0 radical (unpaired) electrons. The zero-order valence-corrected chi connectivity index (χ0v) is 13.3. The first-order valence-electron chi connectivity index (χ1n) is 7.22. The largest absolute Gasteiger partial charge is 0.353 e. The van der Waals surface area contributed by atoms with Gasteiger partial charge in [0.2, 0.25) is 5.91 Å². The summed E-state index contributed by atoms with van der Waals surface area (Å²) in [5, 5.41) is 11.9. The number of carbonyl (C=O) groups is 1. The zero-order chi connectivity index (χ0) is 15.1. The molecule has 0 heterocycles. The van der Waals surface area contributed by atoms with Crippen LogP contribution in [-0.4, -0.2) is 36.5 Å². The van der Waals surface area contributed by atoms with Gasteiger partial charge in [0.15, 0.2) is 0 Å². The maximum atomic E-state index is 11.9. The Bertz CT molecular complexity index is 314. The first kappa shape index (κ1) is 17.9. The predicted molar refractivity (Wildman–Crippen MR) is 78.6 cm³/mol. The van der Waals surface area contributed by atoms with Crippen molar-refractivity contribution in [2.24, 2.45) is 11.3 Å². The summed E-state index contributed by atoms with van der Waals surface area (Å²) in [6.07, 6.45) is 1.05. The van der Waals surface area contributed by atoms with Crippen LogP contribution < -0.4 is 5.32 Å². The highest BCUT2D eigenvalue weighted by Gasteiger charge is 2.28.